The number of nitrogens with one attached hydrogen (secondary N) is 1. The standard InChI is InChI=1S/C9H9BrN2O/c10-8-4-12-9-2-1-6(5-13-11)3-7(8)9/h1-4,12H,5,11H2. The van der Waals surface area contributed by atoms with Crippen molar-refractivity contribution in [3.8, 4) is 0 Å². The molecule has 0 saturated heterocycles. The van der Waals surface area contributed by atoms with E-state index in [0.717, 1.165) is 20.9 Å². The first kappa shape index (κ1) is 8.74. The molecule has 2 rings (SSSR count). The third kappa shape index (κ3) is 1.60. The van der Waals surface area contributed by atoms with E-state index in [9.17, 15) is 0 Å². The number of H-pyrrole nitrogens is 1. The summed E-state index contributed by atoms with van der Waals surface area (Å²) in [7, 11) is 0. The van der Waals surface area contributed by atoms with Gasteiger partial charge in [-0.3, -0.25) is 4.84 Å². The molecule has 0 amide bonds. The molecule has 3 nitrogen and oxygen atoms in total. The molecule has 1 heterocycles. The molecular formula is C9H9BrN2O. The quantitative estimate of drug-likeness (QED) is 0.792. The highest BCUT2D eigenvalue weighted by Gasteiger charge is 2.01. The van der Waals surface area contributed by atoms with Crippen LogP contribution in [0.3, 0.4) is 0 Å². The lowest BCUT2D eigenvalue weighted by atomic mass is 10.2. The maximum absolute atomic E-state index is 5.00. The number of benzene rings is 1. The molecule has 0 aliphatic rings. The first-order chi connectivity index (χ1) is 6.31. The molecular weight excluding hydrogens is 232 g/mol. The average Bonchev–Trinajstić information content (AvgIpc) is 2.49. The summed E-state index contributed by atoms with van der Waals surface area (Å²) in [5.74, 6) is 5.00. The maximum atomic E-state index is 5.00. The van der Waals surface area contributed by atoms with Crippen LogP contribution in [0, 0.1) is 0 Å². The Morgan fingerprint density at radius 2 is 2.31 bits per heavy atom. The van der Waals surface area contributed by atoms with Crippen LogP contribution in [0.5, 0.6) is 0 Å². The molecule has 0 aliphatic carbocycles. The summed E-state index contributed by atoms with van der Waals surface area (Å²) in [6, 6.07) is 6.04. The van der Waals surface area contributed by atoms with Gasteiger partial charge >= 0.3 is 0 Å². The first-order valence-corrected chi connectivity index (χ1v) is 4.68. The van der Waals surface area contributed by atoms with Gasteiger partial charge in [0.2, 0.25) is 0 Å². The average molecular weight is 241 g/mol. The summed E-state index contributed by atoms with van der Waals surface area (Å²) in [4.78, 5) is 7.71. The summed E-state index contributed by atoms with van der Waals surface area (Å²) in [5, 5.41) is 1.15. The number of aromatic amines is 1. The molecule has 0 atom stereocenters. The molecule has 0 aliphatic heterocycles. The molecule has 4 heteroatoms. The van der Waals surface area contributed by atoms with Crippen molar-refractivity contribution >= 4 is 26.8 Å². The number of fused-ring (bicyclic) bond motifs is 1. The zero-order chi connectivity index (χ0) is 9.26. The van der Waals surface area contributed by atoms with Crippen LogP contribution in [0.1, 0.15) is 5.56 Å². The van der Waals surface area contributed by atoms with E-state index in [2.05, 4.69) is 25.8 Å². The Morgan fingerprint density at radius 1 is 1.46 bits per heavy atom. The Kier molecular flexibility index (Phi) is 2.35. The minimum atomic E-state index is 0.438. The van der Waals surface area contributed by atoms with E-state index in [1.54, 1.807) is 0 Å². The van der Waals surface area contributed by atoms with Gasteiger partial charge in [0.1, 0.15) is 0 Å². The van der Waals surface area contributed by atoms with Crippen molar-refractivity contribution in [3.05, 3.63) is 34.4 Å². The largest absolute Gasteiger partial charge is 0.360 e. The van der Waals surface area contributed by atoms with Crippen molar-refractivity contribution in [2.45, 2.75) is 6.61 Å². The summed E-state index contributed by atoms with van der Waals surface area (Å²) < 4.78 is 1.06. The molecule has 0 fully saturated rings. The molecule has 3 N–H and O–H groups in total. The van der Waals surface area contributed by atoms with E-state index in [0.29, 0.717) is 6.61 Å². The van der Waals surface area contributed by atoms with Crippen molar-refractivity contribution in [2.75, 3.05) is 0 Å². The predicted octanol–water partition coefficient (Wildman–Crippen LogP) is 2.32. The molecule has 0 spiro atoms. The predicted molar refractivity (Wildman–Crippen MR) is 55.0 cm³/mol. The number of rotatable bonds is 2. The molecule has 0 unspecified atom stereocenters. The van der Waals surface area contributed by atoms with Gasteiger partial charge in [0.05, 0.1) is 6.61 Å². The highest BCUT2D eigenvalue weighted by molar-refractivity contribution is 9.10. The van der Waals surface area contributed by atoms with Gasteiger partial charge in [0.25, 0.3) is 0 Å². The van der Waals surface area contributed by atoms with Gasteiger partial charge in [-0.05, 0) is 33.6 Å². The monoisotopic (exact) mass is 240 g/mol. The van der Waals surface area contributed by atoms with Crippen molar-refractivity contribution in [3.63, 3.8) is 0 Å². The summed E-state index contributed by atoms with van der Waals surface area (Å²) >= 11 is 3.45. The second kappa shape index (κ2) is 3.49. The maximum Gasteiger partial charge on any atom is 0.0930 e. The van der Waals surface area contributed by atoms with E-state index in [1.807, 2.05) is 24.4 Å². The number of halogens is 1. The second-order valence-electron chi connectivity index (χ2n) is 2.83. The third-order valence-electron chi connectivity index (χ3n) is 1.95. The van der Waals surface area contributed by atoms with Crippen LogP contribution in [0.2, 0.25) is 0 Å². The Morgan fingerprint density at radius 3 is 3.08 bits per heavy atom. The Bertz CT molecular complexity index is 424. The minimum Gasteiger partial charge on any atom is -0.360 e. The zero-order valence-corrected chi connectivity index (χ0v) is 8.47. The van der Waals surface area contributed by atoms with Gasteiger partial charge in [-0.25, -0.2) is 5.90 Å². The highest BCUT2D eigenvalue weighted by Crippen LogP contribution is 2.24. The molecule has 2 aromatic rings. The van der Waals surface area contributed by atoms with E-state index in [1.165, 1.54) is 0 Å². The van der Waals surface area contributed by atoms with Gasteiger partial charge < -0.3 is 4.98 Å². The molecule has 68 valence electrons. The van der Waals surface area contributed by atoms with Crippen LogP contribution in [-0.4, -0.2) is 4.98 Å². The Hall–Kier alpha value is -0.840. The van der Waals surface area contributed by atoms with Crippen LogP contribution in [-0.2, 0) is 11.4 Å². The van der Waals surface area contributed by atoms with E-state index in [-0.39, 0.29) is 0 Å². The Labute approximate surface area is 84.0 Å². The van der Waals surface area contributed by atoms with E-state index < -0.39 is 0 Å². The number of hydrogen-bond donors (Lipinski definition) is 2. The van der Waals surface area contributed by atoms with Gasteiger partial charge in [0, 0.05) is 21.6 Å². The SMILES string of the molecule is NOCc1ccc2[nH]cc(Br)c2c1. The molecule has 1 aromatic heterocycles. The molecule has 0 radical (unpaired) electrons. The van der Waals surface area contributed by atoms with Crippen molar-refractivity contribution in [1.82, 2.24) is 4.98 Å². The van der Waals surface area contributed by atoms with Crippen LogP contribution in [0.25, 0.3) is 10.9 Å². The van der Waals surface area contributed by atoms with Crippen LogP contribution < -0.4 is 5.90 Å². The summed E-state index contributed by atoms with van der Waals surface area (Å²) in [6.07, 6.45) is 1.91. The number of nitrogens with two attached hydrogens (primary N) is 1. The van der Waals surface area contributed by atoms with Crippen molar-refractivity contribution in [1.29, 1.82) is 0 Å². The fraction of sp³-hybridized carbons (Fsp3) is 0.111. The fourth-order valence-electron chi connectivity index (χ4n) is 1.32. The molecule has 0 bridgehead atoms. The smallest absolute Gasteiger partial charge is 0.0930 e. The van der Waals surface area contributed by atoms with E-state index >= 15 is 0 Å². The molecule has 0 saturated carbocycles. The highest BCUT2D eigenvalue weighted by atomic mass is 79.9. The van der Waals surface area contributed by atoms with Crippen LogP contribution in [0.4, 0.5) is 0 Å². The summed E-state index contributed by atoms with van der Waals surface area (Å²) in [6.45, 7) is 0.438. The third-order valence-corrected chi connectivity index (χ3v) is 2.60. The normalized spacial score (nSPS) is 10.9. The Balaban J connectivity index is 2.53. The van der Waals surface area contributed by atoms with Gasteiger partial charge in [-0.1, -0.05) is 6.07 Å². The zero-order valence-electron chi connectivity index (χ0n) is 6.88. The van der Waals surface area contributed by atoms with Crippen LogP contribution in [0.15, 0.2) is 28.9 Å². The molecule has 13 heavy (non-hydrogen) atoms. The van der Waals surface area contributed by atoms with E-state index in [4.69, 9.17) is 5.90 Å². The van der Waals surface area contributed by atoms with Gasteiger partial charge in [-0.15, -0.1) is 0 Å². The first-order valence-electron chi connectivity index (χ1n) is 3.88. The van der Waals surface area contributed by atoms with Crippen molar-refractivity contribution in [2.24, 2.45) is 5.90 Å². The number of hydrogen-bond acceptors (Lipinski definition) is 2. The fourth-order valence-corrected chi connectivity index (χ4v) is 1.76. The van der Waals surface area contributed by atoms with Crippen molar-refractivity contribution < 1.29 is 4.84 Å². The minimum absolute atomic E-state index is 0.438. The lowest BCUT2D eigenvalue weighted by Crippen LogP contribution is -1.98. The van der Waals surface area contributed by atoms with Gasteiger partial charge in [0.15, 0.2) is 0 Å². The number of aromatic nitrogens is 1. The lowest BCUT2D eigenvalue weighted by Gasteiger charge is -1.98. The summed E-state index contributed by atoms with van der Waals surface area (Å²) in [5.41, 5.74) is 2.17. The second-order valence-corrected chi connectivity index (χ2v) is 3.68. The van der Waals surface area contributed by atoms with Gasteiger partial charge in [-0.2, -0.15) is 0 Å². The lowest BCUT2D eigenvalue weighted by molar-refractivity contribution is 0.124. The topological polar surface area (TPSA) is 51.0 Å². The van der Waals surface area contributed by atoms with Crippen LogP contribution >= 0.6 is 15.9 Å². The molecule has 1 aromatic carbocycles.